The van der Waals surface area contributed by atoms with Gasteiger partial charge in [0.15, 0.2) is 12.4 Å². The van der Waals surface area contributed by atoms with Crippen LogP contribution >= 0.6 is 0 Å². The Hall–Kier alpha value is -3.62. The zero-order valence-corrected chi connectivity index (χ0v) is 15.6. The SMILES string of the molecule is O=C1COc2cc([N+](=O)[O-])c(N3CCC(NC(=O)c4ccccc4)CC3)cc2N1. The third-order valence-electron chi connectivity index (χ3n) is 5.11. The van der Waals surface area contributed by atoms with Crippen molar-refractivity contribution < 1.29 is 19.2 Å². The number of piperidine rings is 1. The van der Waals surface area contributed by atoms with Crippen LogP contribution in [0.1, 0.15) is 23.2 Å². The molecule has 9 nitrogen and oxygen atoms in total. The van der Waals surface area contributed by atoms with Crippen LogP contribution in [0.25, 0.3) is 0 Å². The monoisotopic (exact) mass is 396 g/mol. The third kappa shape index (κ3) is 3.98. The minimum atomic E-state index is -0.446. The fraction of sp³-hybridized carbons (Fsp3) is 0.300. The second-order valence-electron chi connectivity index (χ2n) is 7.03. The fourth-order valence-electron chi connectivity index (χ4n) is 3.63. The molecule has 150 valence electrons. The van der Waals surface area contributed by atoms with Crippen molar-refractivity contribution >= 4 is 28.9 Å². The molecule has 1 saturated heterocycles. The topological polar surface area (TPSA) is 114 Å². The lowest BCUT2D eigenvalue weighted by atomic mass is 10.0. The Morgan fingerprint density at radius 2 is 1.93 bits per heavy atom. The first kappa shape index (κ1) is 18.7. The highest BCUT2D eigenvalue weighted by molar-refractivity contribution is 5.97. The van der Waals surface area contributed by atoms with E-state index in [9.17, 15) is 19.7 Å². The maximum absolute atomic E-state index is 12.3. The van der Waals surface area contributed by atoms with Crippen LogP contribution in [-0.2, 0) is 4.79 Å². The normalized spacial score (nSPS) is 16.4. The van der Waals surface area contributed by atoms with Crippen molar-refractivity contribution in [2.75, 3.05) is 29.9 Å². The van der Waals surface area contributed by atoms with Gasteiger partial charge in [-0.3, -0.25) is 19.7 Å². The van der Waals surface area contributed by atoms with E-state index in [4.69, 9.17) is 4.74 Å². The summed E-state index contributed by atoms with van der Waals surface area (Å²) < 4.78 is 5.29. The van der Waals surface area contributed by atoms with Crippen LogP contribution in [0.2, 0.25) is 0 Å². The van der Waals surface area contributed by atoms with Crippen molar-refractivity contribution in [1.82, 2.24) is 5.32 Å². The van der Waals surface area contributed by atoms with Crippen molar-refractivity contribution in [2.45, 2.75) is 18.9 Å². The van der Waals surface area contributed by atoms with Gasteiger partial charge in [0.1, 0.15) is 5.69 Å². The minimum Gasteiger partial charge on any atom is -0.481 e. The number of nitrogens with one attached hydrogen (secondary N) is 2. The Balaban J connectivity index is 1.47. The molecule has 0 aliphatic carbocycles. The molecule has 2 N–H and O–H groups in total. The van der Waals surface area contributed by atoms with Gasteiger partial charge in [-0.1, -0.05) is 18.2 Å². The molecule has 4 rings (SSSR count). The van der Waals surface area contributed by atoms with E-state index in [0.29, 0.717) is 48.6 Å². The van der Waals surface area contributed by atoms with Crippen LogP contribution in [0.4, 0.5) is 17.1 Å². The summed E-state index contributed by atoms with van der Waals surface area (Å²) in [6.07, 6.45) is 1.32. The number of nitro benzene ring substituents is 1. The van der Waals surface area contributed by atoms with Crippen LogP contribution in [-0.4, -0.2) is 42.5 Å². The lowest BCUT2D eigenvalue weighted by molar-refractivity contribution is -0.384. The van der Waals surface area contributed by atoms with Crippen molar-refractivity contribution in [3.63, 3.8) is 0 Å². The van der Waals surface area contributed by atoms with Crippen LogP contribution in [0.5, 0.6) is 5.75 Å². The molecule has 2 aliphatic rings. The second kappa shape index (κ2) is 7.78. The number of benzene rings is 2. The van der Waals surface area contributed by atoms with Gasteiger partial charge in [0.2, 0.25) is 0 Å². The summed E-state index contributed by atoms with van der Waals surface area (Å²) in [4.78, 5) is 36.9. The van der Waals surface area contributed by atoms with Crippen molar-refractivity contribution in [3.05, 3.63) is 58.1 Å². The number of hydrogen-bond acceptors (Lipinski definition) is 6. The summed E-state index contributed by atoms with van der Waals surface area (Å²) in [5.41, 5.74) is 1.41. The summed E-state index contributed by atoms with van der Waals surface area (Å²) in [5, 5.41) is 17.3. The number of fused-ring (bicyclic) bond motifs is 1. The molecule has 2 aromatic rings. The average Bonchev–Trinajstić information content (AvgIpc) is 2.74. The maximum Gasteiger partial charge on any atom is 0.296 e. The van der Waals surface area contributed by atoms with E-state index in [0.717, 1.165) is 0 Å². The lowest BCUT2D eigenvalue weighted by Gasteiger charge is -2.34. The minimum absolute atomic E-state index is 0.00123. The van der Waals surface area contributed by atoms with E-state index in [2.05, 4.69) is 10.6 Å². The van der Waals surface area contributed by atoms with Gasteiger partial charge in [0, 0.05) is 24.7 Å². The first-order valence-electron chi connectivity index (χ1n) is 9.37. The molecular weight excluding hydrogens is 376 g/mol. The highest BCUT2D eigenvalue weighted by Gasteiger charge is 2.29. The van der Waals surface area contributed by atoms with Gasteiger partial charge in [-0.05, 0) is 31.0 Å². The molecular formula is C20H20N4O5. The Morgan fingerprint density at radius 3 is 2.62 bits per heavy atom. The Labute approximate surface area is 166 Å². The Morgan fingerprint density at radius 1 is 1.21 bits per heavy atom. The third-order valence-corrected chi connectivity index (χ3v) is 5.11. The molecule has 0 saturated carbocycles. The van der Waals surface area contributed by atoms with E-state index in [1.807, 2.05) is 23.1 Å². The number of nitro groups is 1. The van der Waals surface area contributed by atoms with Crippen molar-refractivity contribution in [2.24, 2.45) is 0 Å². The summed E-state index contributed by atoms with van der Waals surface area (Å²) in [5.74, 6) is -0.117. The van der Waals surface area contributed by atoms with Gasteiger partial charge >= 0.3 is 0 Å². The quantitative estimate of drug-likeness (QED) is 0.606. The van der Waals surface area contributed by atoms with E-state index in [1.54, 1.807) is 18.2 Å². The van der Waals surface area contributed by atoms with Gasteiger partial charge < -0.3 is 20.3 Å². The van der Waals surface area contributed by atoms with Gasteiger partial charge in [-0.15, -0.1) is 0 Å². The highest BCUT2D eigenvalue weighted by atomic mass is 16.6. The van der Waals surface area contributed by atoms with E-state index >= 15 is 0 Å². The molecule has 0 spiro atoms. The molecule has 9 heteroatoms. The van der Waals surface area contributed by atoms with E-state index < -0.39 is 4.92 Å². The van der Waals surface area contributed by atoms with Crippen molar-refractivity contribution in [3.8, 4) is 5.75 Å². The molecule has 0 atom stereocenters. The molecule has 0 radical (unpaired) electrons. The maximum atomic E-state index is 12.3. The zero-order chi connectivity index (χ0) is 20.4. The highest BCUT2D eigenvalue weighted by Crippen LogP contribution is 2.40. The molecule has 2 aliphatic heterocycles. The number of ether oxygens (including phenoxy) is 1. The molecule has 0 bridgehead atoms. The molecule has 2 amide bonds. The van der Waals surface area contributed by atoms with Gasteiger partial charge in [0.25, 0.3) is 17.5 Å². The second-order valence-corrected chi connectivity index (χ2v) is 7.03. The van der Waals surface area contributed by atoms with Gasteiger partial charge in [-0.25, -0.2) is 0 Å². The number of carbonyl (C=O) groups is 2. The fourth-order valence-corrected chi connectivity index (χ4v) is 3.63. The van der Waals surface area contributed by atoms with E-state index in [-0.39, 0.29) is 30.2 Å². The number of carbonyl (C=O) groups excluding carboxylic acids is 2. The molecule has 29 heavy (non-hydrogen) atoms. The Kier molecular flexibility index (Phi) is 5.03. The number of hydrogen-bond donors (Lipinski definition) is 2. The zero-order valence-electron chi connectivity index (χ0n) is 15.6. The standard InChI is InChI=1S/C20H20N4O5/c25-19-12-29-18-11-17(24(27)28)16(10-15(18)22-19)23-8-6-14(7-9-23)21-20(26)13-4-2-1-3-5-13/h1-5,10-11,14H,6-9,12H2,(H,21,26)(H,22,25). The Bertz CT molecular complexity index is 955. The van der Waals surface area contributed by atoms with Crippen LogP contribution in [0, 0.1) is 10.1 Å². The number of anilines is 2. The largest absolute Gasteiger partial charge is 0.481 e. The summed E-state index contributed by atoms with van der Waals surface area (Å²) in [7, 11) is 0. The molecule has 2 aromatic carbocycles. The first-order chi connectivity index (χ1) is 14.0. The predicted molar refractivity (Wildman–Crippen MR) is 106 cm³/mol. The summed E-state index contributed by atoms with van der Waals surface area (Å²) in [6, 6.07) is 12.0. The molecule has 0 aromatic heterocycles. The number of amides is 2. The van der Waals surface area contributed by atoms with Gasteiger partial charge in [0.05, 0.1) is 16.7 Å². The predicted octanol–water partition coefficient (Wildman–Crippen LogP) is 2.32. The lowest BCUT2D eigenvalue weighted by Crippen LogP contribution is -2.44. The van der Waals surface area contributed by atoms with Crippen molar-refractivity contribution in [1.29, 1.82) is 0 Å². The van der Waals surface area contributed by atoms with Crippen LogP contribution < -0.4 is 20.3 Å². The van der Waals surface area contributed by atoms with E-state index in [1.165, 1.54) is 6.07 Å². The van der Waals surface area contributed by atoms with Gasteiger partial charge in [-0.2, -0.15) is 0 Å². The molecule has 1 fully saturated rings. The van der Waals surface area contributed by atoms with Crippen LogP contribution in [0.3, 0.4) is 0 Å². The molecule has 2 heterocycles. The average molecular weight is 396 g/mol. The molecule has 0 unspecified atom stereocenters. The first-order valence-corrected chi connectivity index (χ1v) is 9.37. The smallest absolute Gasteiger partial charge is 0.296 e. The summed E-state index contributed by atoms with van der Waals surface area (Å²) >= 11 is 0. The number of nitrogens with zero attached hydrogens (tertiary/aromatic N) is 2. The summed E-state index contributed by atoms with van der Waals surface area (Å²) in [6.45, 7) is 0.943. The van der Waals surface area contributed by atoms with Crippen LogP contribution in [0.15, 0.2) is 42.5 Å². The number of rotatable bonds is 4.